The maximum atomic E-state index is 13.5. The van der Waals surface area contributed by atoms with Crippen molar-refractivity contribution in [2.75, 3.05) is 12.9 Å². The molecular weight excluding hydrogens is 295 g/mol. The van der Waals surface area contributed by atoms with Gasteiger partial charge in [-0.3, -0.25) is 0 Å². The highest BCUT2D eigenvalue weighted by atomic mass is 32.2. The van der Waals surface area contributed by atoms with Crippen molar-refractivity contribution in [1.82, 2.24) is 0 Å². The molecule has 2 rings (SSSR count). The third-order valence-corrected chi connectivity index (χ3v) is 4.02. The van der Waals surface area contributed by atoms with Crippen molar-refractivity contribution in [3.05, 3.63) is 59.9 Å². The Kier molecular flexibility index (Phi) is 4.59. The lowest BCUT2D eigenvalue weighted by atomic mass is 10.1. The number of hydrogen-bond donors (Lipinski definition) is 1. The van der Waals surface area contributed by atoms with Gasteiger partial charge in [0, 0.05) is 11.8 Å². The van der Waals surface area contributed by atoms with Gasteiger partial charge in [-0.2, -0.15) is 0 Å². The Morgan fingerprint density at radius 1 is 1.19 bits per heavy atom. The normalized spacial score (nSPS) is 12.9. The molecule has 0 amide bonds. The average Bonchev–Trinajstić information content (AvgIpc) is 2.45. The van der Waals surface area contributed by atoms with Crippen molar-refractivity contribution in [3.63, 3.8) is 0 Å². The monoisotopic (exact) mass is 310 g/mol. The van der Waals surface area contributed by atoms with Gasteiger partial charge in [-0.15, -0.1) is 0 Å². The first-order valence-electron chi connectivity index (χ1n) is 6.23. The largest absolute Gasteiger partial charge is 0.490 e. The Morgan fingerprint density at radius 2 is 1.90 bits per heavy atom. The van der Waals surface area contributed by atoms with Crippen LogP contribution in [0.2, 0.25) is 0 Å². The van der Waals surface area contributed by atoms with E-state index in [4.69, 9.17) is 4.74 Å². The van der Waals surface area contributed by atoms with E-state index >= 15 is 0 Å². The van der Waals surface area contributed by atoms with Crippen LogP contribution in [0.5, 0.6) is 5.75 Å². The predicted octanol–water partition coefficient (Wildman–Crippen LogP) is 2.34. The molecule has 0 aliphatic heterocycles. The summed E-state index contributed by atoms with van der Waals surface area (Å²) in [6.45, 7) is -0.172. The first-order chi connectivity index (χ1) is 9.88. The predicted molar refractivity (Wildman–Crippen MR) is 76.4 cm³/mol. The van der Waals surface area contributed by atoms with Crippen molar-refractivity contribution < 1.29 is 22.7 Å². The van der Waals surface area contributed by atoms with Crippen LogP contribution in [0, 0.1) is 5.82 Å². The van der Waals surface area contributed by atoms with Crippen LogP contribution < -0.4 is 4.74 Å². The van der Waals surface area contributed by atoms with Gasteiger partial charge < -0.3 is 9.84 Å². The maximum absolute atomic E-state index is 13.5. The van der Waals surface area contributed by atoms with E-state index < -0.39 is 21.8 Å². The number of aliphatic hydroxyl groups excluding tert-OH is 1. The van der Waals surface area contributed by atoms with E-state index in [1.807, 2.05) is 0 Å². The van der Waals surface area contributed by atoms with E-state index in [-0.39, 0.29) is 17.1 Å². The van der Waals surface area contributed by atoms with Crippen LogP contribution in [0.3, 0.4) is 0 Å². The molecule has 21 heavy (non-hydrogen) atoms. The molecule has 0 aliphatic carbocycles. The summed E-state index contributed by atoms with van der Waals surface area (Å²) in [5, 5.41) is 9.91. The molecule has 0 aliphatic rings. The lowest BCUT2D eigenvalue weighted by Gasteiger charge is -2.13. The van der Waals surface area contributed by atoms with Gasteiger partial charge in [-0.1, -0.05) is 24.3 Å². The van der Waals surface area contributed by atoms with Gasteiger partial charge >= 0.3 is 0 Å². The van der Waals surface area contributed by atoms with Crippen molar-refractivity contribution >= 4 is 9.84 Å². The second kappa shape index (κ2) is 6.24. The van der Waals surface area contributed by atoms with Gasteiger partial charge in [0.25, 0.3) is 0 Å². The zero-order valence-electron chi connectivity index (χ0n) is 11.4. The first-order valence-corrected chi connectivity index (χ1v) is 8.12. The molecule has 1 atom stereocenters. The summed E-state index contributed by atoms with van der Waals surface area (Å²) in [7, 11) is -3.33. The van der Waals surface area contributed by atoms with Crippen molar-refractivity contribution in [2.24, 2.45) is 0 Å². The molecule has 0 fully saturated rings. The smallest absolute Gasteiger partial charge is 0.175 e. The molecule has 0 unspecified atom stereocenters. The summed E-state index contributed by atoms with van der Waals surface area (Å²) in [4.78, 5) is 0.125. The molecule has 112 valence electrons. The van der Waals surface area contributed by atoms with Crippen LogP contribution in [0.1, 0.15) is 11.7 Å². The summed E-state index contributed by atoms with van der Waals surface area (Å²) in [5.74, 6) is -0.216. The molecule has 0 saturated carbocycles. The Labute approximate surface area is 122 Å². The Morgan fingerprint density at radius 3 is 2.57 bits per heavy atom. The third kappa shape index (κ3) is 4.03. The maximum Gasteiger partial charge on any atom is 0.175 e. The fraction of sp³-hybridized carbons (Fsp3) is 0.200. The minimum absolute atomic E-state index is 0.125. The topological polar surface area (TPSA) is 63.6 Å². The van der Waals surface area contributed by atoms with Crippen LogP contribution in [-0.4, -0.2) is 26.4 Å². The SMILES string of the molecule is CS(=O)(=O)c1cccc(OC[C@@H](O)c2ccccc2F)c1. The van der Waals surface area contributed by atoms with Crippen LogP contribution in [0.4, 0.5) is 4.39 Å². The lowest BCUT2D eigenvalue weighted by molar-refractivity contribution is 0.105. The third-order valence-electron chi connectivity index (χ3n) is 2.91. The second-order valence-electron chi connectivity index (χ2n) is 4.60. The number of benzene rings is 2. The zero-order valence-corrected chi connectivity index (χ0v) is 12.2. The standard InChI is InChI=1S/C15H15FO4S/c1-21(18,19)12-6-4-5-11(9-12)20-10-15(17)13-7-2-3-8-14(13)16/h2-9,15,17H,10H2,1H3/t15-/m1/s1. The Bertz CT molecular complexity index is 728. The molecule has 0 aromatic heterocycles. The fourth-order valence-corrected chi connectivity index (χ4v) is 2.46. The van der Waals surface area contributed by atoms with Gasteiger partial charge in [0.15, 0.2) is 9.84 Å². The number of aliphatic hydroxyl groups is 1. The van der Waals surface area contributed by atoms with Gasteiger partial charge in [0.2, 0.25) is 0 Å². The van der Waals surface area contributed by atoms with E-state index in [1.165, 1.54) is 30.3 Å². The Hall–Kier alpha value is -1.92. The molecule has 0 radical (unpaired) electrons. The van der Waals surface area contributed by atoms with E-state index in [0.717, 1.165) is 6.26 Å². The molecule has 0 spiro atoms. The van der Waals surface area contributed by atoms with Crippen molar-refractivity contribution in [2.45, 2.75) is 11.0 Å². The van der Waals surface area contributed by atoms with Gasteiger partial charge in [0.05, 0.1) is 4.90 Å². The molecule has 2 aromatic carbocycles. The van der Waals surface area contributed by atoms with Crippen LogP contribution in [0.15, 0.2) is 53.4 Å². The molecule has 0 bridgehead atoms. The van der Waals surface area contributed by atoms with Gasteiger partial charge in [-0.25, -0.2) is 12.8 Å². The fourth-order valence-electron chi connectivity index (χ4n) is 1.80. The number of sulfone groups is 1. The number of rotatable bonds is 5. The van der Waals surface area contributed by atoms with Gasteiger partial charge in [0.1, 0.15) is 24.3 Å². The molecule has 0 saturated heterocycles. The lowest BCUT2D eigenvalue weighted by Crippen LogP contribution is -2.11. The second-order valence-corrected chi connectivity index (χ2v) is 6.61. The van der Waals surface area contributed by atoms with E-state index in [1.54, 1.807) is 18.2 Å². The van der Waals surface area contributed by atoms with E-state index in [2.05, 4.69) is 0 Å². The molecule has 2 aromatic rings. The number of hydrogen-bond acceptors (Lipinski definition) is 4. The summed E-state index contributed by atoms with van der Waals surface area (Å²) in [5.41, 5.74) is 0.136. The molecular formula is C15H15FO4S. The van der Waals surface area contributed by atoms with Gasteiger partial charge in [-0.05, 0) is 24.3 Å². The summed E-state index contributed by atoms with van der Waals surface area (Å²) in [6.07, 6.45) is -0.0339. The number of halogens is 1. The van der Waals surface area contributed by atoms with E-state index in [9.17, 15) is 17.9 Å². The zero-order chi connectivity index (χ0) is 15.5. The first kappa shape index (κ1) is 15.5. The van der Waals surface area contributed by atoms with Crippen LogP contribution in [-0.2, 0) is 9.84 Å². The van der Waals surface area contributed by atoms with Crippen LogP contribution in [0.25, 0.3) is 0 Å². The Balaban J connectivity index is 2.09. The average molecular weight is 310 g/mol. The molecule has 4 nitrogen and oxygen atoms in total. The van der Waals surface area contributed by atoms with E-state index in [0.29, 0.717) is 5.75 Å². The minimum atomic E-state index is -3.33. The van der Waals surface area contributed by atoms with Crippen LogP contribution >= 0.6 is 0 Å². The van der Waals surface area contributed by atoms with Crippen molar-refractivity contribution in [1.29, 1.82) is 0 Å². The summed E-state index contributed by atoms with van der Waals surface area (Å²) < 4.78 is 41.7. The highest BCUT2D eigenvalue weighted by Crippen LogP contribution is 2.21. The summed E-state index contributed by atoms with van der Waals surface area (Å²) in [6, 6.07) is 11.8. The molecule has 1 N–H and O–H groups in total. The van der Waals surface area contributed by atoms with Crippen molar-refractivity contribution in [3.8, 4) is 5.75 Å². The highest BCUT2D eigenvalue weighted by Gasteiger charge is 2.14. The number of ether oxygens (including phenoxy) is 1. The quantitative estimate of drug-likeness (QED) is 0.920. The highest BCUT2D eigenvalue weighted by molar-refractivity contribution is 7.90. The minimum Gasteiger partial charge on any atom is -0.490 e. The molecule has 0 heterocycles. The summed E-state index contributed by atoms with van der Waals surface area (Å²) >= 11 is 0. The molecule has 6 heteroatoms.